The maximum atomic E-state index is 5.95. The highest BCUT2D eigenvalue weighted by Gasteiger charge is 2.03. The van der Waals surface area contributed by atoms with Gasteiger partial charge in [-0.2, -0.15) is 5.10 Å². The minimum atomic E-state index is 0.630. The lowest BCUT2D eigenvalue weighted by molar-refractivity contribution is 1.32. The summed E-state index contributed by atoms with van der Waals surface area (Å²) in [5.41, 5.74) is 11.9. The van der Waals surface area contributed by atoms with Crippen LogP contribution in [-0.2, 0) is 0 Å². The second-order valence-electron chi connectivity index (χ2n) is 4.05. The average molecular weight is 294 g/mol. The van der Waals surface area contributed by atoms with Gasteiger partial charge in [0.25, 0.3) is 0 Å². The number of nitrogens with one attached hydrogen (secondary N) is 1. The van der Waals surface area contributed by atoms with Crippen LogP contribution >= 0.6 is 23.2 Å². The summed E-state index contributed by atoms with van der Waals surface area (Å²) in [7, 11) is 0. The predicted octanol–water partition coefficient (Wildman–Crippen LogP) is 4.41. The molecule has 0 aliphatic carbocycles. The van der Waals surface area contributed by atoms with E-state index in [0.717, 1.165) is 17.0 Å². The molecular formula is C14H13Cl2N3. The molecule has 0 saturated carbocycles. The fraction of sp³-hybridized carbons (Fsp3) is 0.0714. The third kappa shape index (κ3) is 3.63. The summed E-state index contributed by atoms with van der Waals surface area (Å²) in [5, 5.41) is 5.60. The molecule has 19 heavy (non-hydrogen) atoms. The molecule has 3 N–H and O–H groups in total. The van der Waals surface area contributed by atoms with Crippen LogP contribution in [0.25, 0.3) is 0 Å². The molecule has 0 aromatic heterocycles. The van der Waals surface area contributed by atoms with Crippen LogP contribution in [0, 0.1) is 0 Å². The Balaban J connectivity index is 2.19. The molecule has 0 amide bonds. The van der Waals surface area contributed by atoms with E-state index in [4.69, 9.17) is 28.9 Å². The molecule has 0 heterocycles. The SMILES string of the molecule is C/C(=N\Nc1ccc(Cl)cc1)c1cc(Cl)ccc1N. The van der Waals surface area contributed by atoms with Crippen LogP contribution in [0.3, 0.4) is 0 Å². The van der Waals surface area contributed by atoms with Gasteiger partial charge in [0.1, 0.15) is 0 Å². The molecule has 0 aliphatic heterocycles. The standard InChI is InChI=1S/C14H13Cl2N3/c1-9(13-8-11(16)4-7-14(13)17)18-19-12-5-2-10(15)3-6-12/h2-8,19H,17H2,1H3/b18-9+. The van der Waals surface area contributed by atoms with Gasteiger partial charge in [-0.1, -0.05) is 23.2 Å². The zero-order valence-electron chi connectivity index (χ0n) is 10.3. The van der Waals surface area contributed by atoms with Crippen LogP contribution < -0.4 is 11.2 Å². The van der Waals surface area contributed by atoms with E-state index in [9.17, 15) is 0 Å². The lowest BCUT2D eigenvalue weighted by atomic mass is 10.1. The van der Waals surface area contributed by atoms with E-state index in [1.54, 1.807) is 30.3 Å². The van der Waals surface area contributed by atoms with Crippen LogP contribution in [0.1, 0.15) is 12.5 Å². The molecule has 2 rings (SSSR count). The summed E-state index contributed by atoms with van der Waals surface area (Å²) < 4.78 is 0. The fourth-order valence-corrected chi connectivity index (χ4v) is 1.87. The molecule has 5 heteroatoms. The molecule has 2 aromatic rings. The van der Waals surface area contributed by atoms with Crippen molar-refractivity contribution in [3.05, 3.63) is 58.1 Å². The van der Waals surface area contributed by atoms with Crippen molar-refractivity contribution >= 4 is 40.3 Å². The molecule has 0 atom stereocenters. The Hall–Kier alpha value is -1.71. The molecule has 0 fully saturated rings. The second-order valence-corrected chi connectivity index (χ2v) is 4.92. The van der Waals surface area contributed by atoms with Gasteiger partial charge in [-0.05, 0) is 49.4 Å². The number of hydrogen-bond acceptors (Lipinski definition) is 3. The smallest absolute Gasteiger partial charge is 0.0669 e. The molecule has 0 spiro atoms. The lowest BCUT2D eigenvalue weighted by Crippen LogP contribution is -2.03. The summed E-state index contributed by atoms with van der Waals surface area (Å²) >= 11 is 11.8. The van der Waals surface area contributed by atoms with Crippen molar-refractivity contribution in [2.75, 3.05) is 11.2 Å². The predicted molar refractivity (Wildman–Crippen MR) is 83.2 cm³/mol. The van der Waals surface area contributed by atoms with Crippen LogP contribution in [0.15, 0.2) is 47.6 Å². The highest BCUT2D eigenvalue weighted by molar-refractivity contribution is 6.31. The summed E-state index contributed by atoms with van der Waals surface area (Å²) in [4.78, 5) is 0. The number of anilines is 2. The molecule has 0 saturated heterocycles. The van der Waals surface area contributed by atoms with E-state index in [-0.39, 0.29) is 0 Å². The normalized spacial score (nSPS) is 11.4. The summed E-state index contributed by atoms with van der Waals surface area (Å²) in [6.45, 7) is 1.87. The number of rotatable bonds is 3. The Morgan fingerprint density at radius 2 is 1.68 bits per heavy atom. The van der Waals surface area contributed by atoms with Crippen LogP contribution in [-0.4, -0.2) is 5.71 Å². The Morgan fingerprint density at radius 3 is 2.37 bits per heavy atom. The molecule has 2 aromatic carbocycles. The largest absolute Gasteiger partial charge is 0.398 e. The van der Waals surface area contributed by atoms with Gasteiger partial charge < -0.3 is 5.73 Å². The zero-order chi connectivity index (χ0) is 13.8. The third-order valence-electron chi connectivity index (χ3n) is 2.60. The van der Waals surface area contributed by atoms with E-state index in [1.807, 2.05) is 19.1 Å². The van der Waals surface area contributed by atoms with Gasteiger partial charge in [-0.15, -0.1) is 0 Å². The summed E-state index contributed by atoms with van der Waals surface area (Å²) in [6, 6.07) is 12.6. The monoisotopic (exact) mass is 293 g/mol. The molecule has 0 radical (unpaired) electrons. The van der Waals surface area contributed by atoms with Crippen molar-refractivity contribution in [3.63, 3.8) is 0 Å². The van der Waals surface area contributed by atoms with Crippen LogP contribution in [0.2, 0.25) is 10.0 Å². The Labute approximate surface area is 122 Å². The van der Waals surface area contributed by atoms with Gasteiger partial charge in [0.2, 0.25) is 0 Å². The van der Waals surface area contributed by atoms with Crippen LogP contribution in [0.4, 0.5) is 11.4 Å². The fourth-order valence-electron chi connectivity index (χ4n) is 1.57. The molecule has 0 aliphatic rings. The highest BCUT2D eigenvalue weighted by atomic mass is 35.5. The van der Waals surface area contributed by atoms with Crippen molar-refractivity contribution in [2.45, 2.75) is 6.92 Å². The van der Waals surface area contributed by atoms with Crippen molar-refractivity contribution in [2.24, 2.45) is 5.10 Å². The number of halogens is 2. The molecule has 3 nitrogen and oxygen atoms in total. The zero-order valence-corrected chi connectivity index (χ0v) is 11.8. The quantitative estimate of drug-likeness (QED) is 0.500. The number of nitrogen functional groups attached to an aromatic ring is 1. The van der Waals surface area contributed by atoms with Gasteiger partial charge in [-0.25, -0.2) is 0 Å². The van der Waals surface area contributed by atoms with E-state index in [1.165, 1.54) is 0 Å². The molecule has 98 valence electrons. The molecular weight excluding hydrogens is 281 g/mol. The first-order valence-corrected chi connectivity index (χ1v) is 6.43. The third-order valence-corrected chi connectivity index (χ3v) is 3.09. The summed E-state index contributed by atoms with van der Waals surface area (Å²) in [5.74, 6) is 0. The number of hydrazone groups is 1. The van der Waals surface area contributed by atoms with Gasteiger partial charge in [0.15, 0.2) is 0 Å². The van der Waals surface area contributed by atoms with Crippen molar-refractivity contribution < 1.29 is 0 Å². The molecule has 0 unspecified atom stereocenters. The maximum absolute atomic E-state index is 5.95. The molecule has 0 bridgehead atoms. The number of nitrogens with two attached hydrogens (primary N) is 1. The first kappa shape index (κ1) is 13.7. The Kier molecular flexibility index (Phi) is 4.30. The minimum Gasteiger partial charge on any atom is -0.398 e. The van der Waals surface area contributed by atoms with Crippen molar-refractivity contribution in [1.82, 2.24) is 0 Å². The van der Waals surface area contributed by atoms with E-state index < -0.39 is 0 Å². The average Bonchev–Trinajstić information content (AvgIpc) is 2.40. The van der Waals surface area contributed by atoms with Gasteiger partial charge in [0, 0.05) is 21.3 Å². The lowest BCUT2D eigenvalue weighted by Gasteiger charge is -2.07. The van der Waals surface area contributed by atoms with Gasteiger partial charge >= 0.3 is 0 Å². The highest BCUT2D eigenvalue weighted by Crippen LogP contribution is 2.19. The minimum absolute atomic E-state index is 0.630. The topological polar surface area (TPSA) is 50.4 Å². The van der Waals surface area contributed by atoms with Gasteiger partial charge in [0.05, 0.1) is 11.4 Å². The number of benzene rings is 2. The van der Waals surface area contributed by atoms with E-state index in [2.05, 4.69) is 10.5 Å². The Morgan fingerprint density at radius 1 is 1.05 bits per heavy atom. The maximum Gasteiger partial charge on any atom is 0.0669 e. The summed E-state index contributed by atoms with van der Waals surface area (Å²) in [6.07, 6.45) is 0. The first-order chi connectivity index (χ1) is 9.06. The van der Waals surface area contributed by atoms with Crippen molar-refractivity contribution in [1.29, 1.82) is 0 Å². The van der Waals surface area contributed by atoms with Gasteiger partial charge in [-0.3, -0.25) is 5.43 Å². The van der Waals surface area contributed by atoms with E-state index in [0.29, 0.717) is 15.7 Å². The van der Waals surface area contributed by atoms with Crippen molar-refractivity contribution in [3.8, 4) is 0 Å². The Bertz CT molecular complexity index is 607. The van der Waals surface area contributed by atoms with E-state index >= 15 is 0 Å². The number of hydrogen-bond donors (Lipinski definition) is 2. The first-order valence-electron chi connectivity index (χ1n) is 5.67. The second kappa shape index (κ2) is 5.95. The number of nitrogens with zero attached hydrogens (tertiary/aromatic N) is 1. The van der Waals surface area contributed by atoms with Crippen LogP contribution in [0.5, 0.6) is 0 Å².